The number of aryl methyl sites for hydroxylation is 2. The highest BCUT2D eigenvalue weighted by molar-refractivity contribution is 7.89. The van der Waals surface area contributed by atoms with Crippen molar-refractivity contribution in [2.75, 3.05) is 31.6 Å². The van der Waals surface area contributed by atoms with Crippen molar-refractivity contribution in [1.29, 1.82) is 0 Å². The summed E-state index contributed by atoms with van der Waals surface area (Å²) in [7, 11) is -3.98. The van der Waals surface area contributed by atoms with Gasteiger partial charge in [-0.3, -0.25) is 4.79 Å². The Morgan fingerprint density at radius 3 is 2.47 bits per heavy atom. The molecule has 34 heavy (non-hydrogen) atoms. The number of rotatable bonds is 4. The highest BCUT2D eigenvalue weighted by atomic mass is 32.2. The summed E-state index contributed by atoms with van der Waals surface area (Å²) in [5, 5.41) is 2.81. The number of sulfonamides is 1. The third-order valence-electron chi connectivity index (χ3n) is 5.80. The lowest BCUT2D eigenvalue weighted by Crippen LogP contribution is -2.40. The van der Waals surface area contributed by atoms with Crippen LogP contribution >= 0.6 is 0 Å². The van der Waals surface area contributed by atoms with Crippen LogP contribution in [0.4, 0.5) is 5.69 Å². The van der Waals surface area contributed by atoms with Crippen molar-refractivity contribution in [3.05, 3.63) is 71.3 Å². The van der Waals surface area contributed by atoms with Gasteiger partial charge in [0.25, 0.3) is 5.91 Å². The van der Waals surface area contributed by atoms with E-state index in [-0.39, 0.29) is 35.0 Å². The van der Waals surface area contributed by atoms with Gasteiger partial charge in [0.1, 0.15) is 16.4 Å². The third-order valence-corrected chi connectivity index (χ3v) is 7.72. The standard InChI is InChI=1S/C25H24N2O6S/c1-16-7-8-19-22(13-16)33-21-15-23(32-20-6-4-3-5-17(20)2)24(14-18(21)25(28)26-19)34(29,30)27-9-11-31-12-10-27/h3-8,13-15H,9-12H2,1-2H3,(H,26,28). The molecular weight excluding hydrogens is 456 g/mol. The Morgan fingerprint density at radius 1 is 0.941 bits per heavy atom. The second-order valence-corrected chi connectivity index (χ2v) is 10.1. The molecule has 0 saturated carbocycles. The van der Waals surface area contributed by atoms with E-state index in [9.17, 15) is 13.2 Å². The minimum atomic E-state index is -3.98. The van der Waals surface area contributed by atoms with Crippen molar-refractivity contribution in [2.45, 2.75) is 18.7 Å². The van der Waals surface area contributed by atoms with Gasteiger partial charge in [0.05, 0.1) is 24.5 Å². The summed E-state index contributed by atoms with van der Waals surface area (Å²) in [6, 6.07) is 15.6. The number of para-hydroxylation sites is 1. The Balaban J connectivity index is 1.67. The minimum absolute atomic E-state index is 0.0865. The lowest BCUT2D eigenvalue weighted by molar-refractivity contribution is 0.0729. The van der Waals surface area contributed by atoms with E-state index in [0.717, 1.165) is 11.1 Å². The molecule has 3 aromatic carbocycles. The Bertz CT molecular complexity index is 1380. The number of hydrogen-bond donors (Lipinski definition) is 1. The smallest absolute Gasteiger partial charge is 0.259 e. The molecule has 1 N–H and O–H groups in total. The van der Waals surface area contributed by atoms with E-state index < -0.39 is 15.9 Å². The monoisotopic (exact) mass is 480 g/mol. The summed E-state index contributed by atoms with van der Waals surface area (Å²) in [5.41, 5.74) is 2.41. The first-order valence-electron chi connectivity index (χ1n) is 10.9. The van der Waals surface area contributed by atoms with Gasteiger partial charge in [-0.2, -0.15) is 4.31 Å². The van der Waals surface area contributed by atoms with Crippen LogP contribution in [-0.4, -0.2) is 44.9 Å². The highest BCUT2D eigenvalue weighted by Crippen LogP contribution is 2.42. The predicted molar refractivity (Wildman–Crippen MR) is 126 cm³/mol. The number of carbonyl (C=O) groups is 1. The zero-order chi connectivity index (χ0) is 23.9. The van der Waals surface area contributed by atoms with Crippen molar-refractivity contribution >= 4 is 21.6 Å². The number of hydrogen-bond acceptors (Lipinski definition) is 6. The van der Waals surface area contributed by atoms with Gasteiger partial charge in [-0.15, -0.1) is 0 Å². The highest BCUT2D eigenvalue weighted by Gasteiger charge is 2.33. The number of benzene rings is 3. The van der Waals surface area contributed by atoms with Crippen molar-refractivity contribution < 1.29 is 27.4 Å². The SMILES string of the molecule is Cc1ccc2c(c1)Oc1cc(Oc3ccccc3C)c(S(=O)(=O)N3CCOCC3)cc1C(=O)N2. The quantitative estimate of drug-likeness (QED) is 0.592. The van der Waals surface area contributed by atoms with Gasteiger partial charge in [-0.25, -0.2) is 8.42 Å². The summed E-state index contributed by atoms with van der Waals surface area (Å²) in [4.78, 5) is 13.0. The first-order chi connectivity index (χ1) is 16.3. The number of morpholine rings is 1. The summed E-state index contributed by atoms with van der Waals surface area (Å²) in [6.45, 7) is 4.83. The summed E-state index contributed by atoms with van der Waals surface area (Å²) >= 11 is 0. The molecule has 176 valence electrons. The van der Waals surface area contributed by atoms with Crippen molar-refractivity contribution in [3.63, 3.8) is 0 Å². The Hall–Kier alpha value is -3.40. The normalized spacial score (nSPS) is 16.0. The van der Waals surface area contributed by atoms with E-state index in [1.54, 1.807) is 12.1 Å². The Labute approximate surface area is 198 Å². The molecule has 8 nitrogen and oxygen atoms in total. The van der Waals surface area contributed by atoms with E-state index in [1.807, 2.05) is 44.2 Å². The lowest BCUT2D eigenvalue weighted by atomic mass is 10.1. The maximum Gasteiger partial charge on any atom is 0.259 e. The van der Waals surface area contributed by atoms with Crippen LogP contribution in [-0.2, 0) is 14.8 Å². The molecular formula is C25H24N2O6S. The molecule has 0 radical (unpaired) electrons. The van der Waals surface area contributed by atoms with E-state index in [1.165, 1.54) is 16.4 Å². The number of fused-ring (bicyclic) bond motifs is 2. The average molecular weight is 481 g/mol. The molecule has 5 rings (SSSR count). The van der Waals surface area contributed by atoms with Gasteiger partial charge in [0.2, 0.25) is 10.0 Å². The molecule has 2 heterocycles. The topological polar surface area (TPSA) is 94.2 Å². The van der Waals surface area contributed by atoms with E-state index in [2.05, 4.69) is 5.32 Å². The molecule has 1 fully saturated rings. The molecule has 9 heteroatoms. The molecule has 0 bridgehead atoms. The molecule has 3 aromatic rings. The van der Waals surface area contributed by atoms with Gasteiger partial charge in [0, 0.05) is 19.2 Å². The maximum absolute atomic E-state index is 13.6. The van der Waals surface area contributed by atoms with Crippen molar-refractivity contribution in [2.24, 2.45) is 0 Å². The fourth-order valence-corrected chi connectivity index (χ4v) is 5.45. The summed E-state index contributed by atoms with van der Waals surface area (Å²) in [6.07, 6.45) is 0. The molecule has 0 aliphatic carbocycles. The Morgan fingerprint density at radius 2 is 1.71 bits per heavy atom. The van der Waals surface area contributed by atoms with Crippen LogP contribution in [0.1, 0.15) is 21.5 Å². The predicted octanol–water partition coefficient (Wildman–Crippen LogP) is 4.47. The molecule has 0 atom stereocenters. The van der Waals surface area contributed by atoms with Crippen LogP contribution < -0.4 is 14.8 Å². The van der Waals surface area contributed by atoms with Gasteiger partial charge in [0.15, 0.2) is 11.5 Å². The second kappa shape index (κ2) is 8.75. The first kappa shape index (κ1) is 22.4. The number of ether oxygens (including phenoxy) is 3. The van der Waals surface area contributed by atoms with Gasteiger partial charge < -0.3 is 19.5 Å². The van der Waals surface area contributed by atoms with Crippen LogP contribution in [0.5, 0.6) is 23.0 Å². The number of anilines is 1. The fourth-order valence-electron chi connectivity index (χ4n) is 3.93. The fraction of sp³-hybridized carbons (Fsp3) is 0.240. The maximum atomic E-state index is 13.6. The molecule has 0 unspecified atom stereocenters. The zero-order valence-electron chi connectivity index (χ0n) is 18.8. The molecule has 2 aliphatic rings. The Kier molecular flexibility index (Phi) is 5.76. The van der Waals surface area contributed by atoms with E-state index >= 15 is 0 Å². The third kappa shape index (κ3) is 4.13. The van der Waals surface area contributed by atoms with E-state index in [4.69, 9.17) is 14.2 Å². The molecule has 1 saturated heterocycles. The number of nitrogens with zero attached hydrogens (tertiary/aromatic N) is 1. The van der Waals surface area contributed by atoms with Crippen LogP contribution in [0.15, 0.2) is 59.5 Å². The molecule has 2 aliphatic heterocycles. The number of carbonyl (C=O) groups excluding carboxylic acids is 1. The number of amides is 1. The average Bonchev–Trinajstić information content (AvgIpc) is 2.95. The van der Waals surface area contributed by atoms with Crippen LogP contribution in [0, 0.1) is 13.8 Å². The number of nitrogens with one attached hydrogen (secondary N) is 1. The molecule has 1 amide bonds. The first-order valence-corrected chi connectivity index (χ1v) is 12.4. The van der Waals surface area contributed by atoms with Crippen molar-refractivity contribution in [3.8, 4) is 23.0 Å². The van der Waals surface area contributed by atoms with Gasteiger partial charge >= 0.3 is 0 Å². The zero-order valence-corrected chi connectivity index (χ0v) is 19.6. The minimum Gasteiger partial charge on any atom is -0.456 e. The van der Waals surface area contributed by atoms with Crippen LogP contribution in [0.3, 0.4) is 0 Å². The molecule has 0 spiro atoms. The second-order valence-electron chi connectivity index (χ2n) is 8.23. The van der Waals surface area contributed by atoms with Crippen molar-refractivity contribution in [1.82, 2.24) is 4.31 Å². The summed E-state index contributed by atoms with van der Waals surface area (Å²) in [5.74, 6) is 0.821. The largest absolute Gasteiger partial charge is 0.456 e. The van der Waals surface area contributed by atoms with Gasteiger partial charge in [-0.05, 0) is 49.2 Å². The van der Waals surface area contributed by atoms with Gasteiger partial charge in [-0.1, -0.05) is 24.3 Å². The summed E-state index contributed by atoms with van der Waals surface area (Å²) < 4.78 is 46.2. The lowest BCUT2D eigenvalue weighted by Gasteiger charge is -2.27. The molecule has 0 aromatic heterocycles. The van der Waals surface area contributed by atoms with E-state index in [0.29, 0.717) is 30.4 Å². The van der Waals surface area contributed by atoms with Crippen LogP contribution in [0.2, 0.25) is 0 Å². The van der Waals surface area contributed by atoms with Crippen LogP contribution in [0.25, 0.3) is 0 Å².